The number of benzene rings is 2. The highest BCUT2D eigenvalue weighted by molar-refractivity contribution is 6.30. The van der Waals surface area contributed by atoms with Crippen LogP contribution in [0.2, 0.25) is 5.02 Å². The third-order valence-corrected chi connectivity index (χ3v) is 3.27. The summed E-state index contributed by atoms with van der Waals surface area (Å²) in [5.41, 5.74) is 2.12. The fourth-order valence-corrected chi connectivity index (χ4v) is 2.42. The molecule has 0 radical (unpaired) electrons. The zero-order valence-electron chi connectivity index (χ0n) is 11.0. The maximum absolute atomic E-state index is 10.9. The summed E-state index contributed by atoms with van der Waals surface area (Å²) in [5, 5.41) is 11.6. The summed E-state index contributed by atoms with van der Waals surface area (Å²) in [4.78, 5) is 11.8. The molecule has 3 nitrogen and oxygen atoms in total. The lowest BCUT2D eigenvalue weighted by Gasteiger charge is -2.20. The first-order valence-electron chi connectivity index (χ1n) is 6.45. The first-order chi connectivity index (χ1) is 9.63. The molecule has 0 spiro atoms. The molecular formula is C16H16ClNO2. The highest BCUT2D eigenvalue weighted by atomic mass is 35.5. The Morgan fingerprint density at radius 3 is 2.30 bits per heavy atom. The lowest BCUT2D eigenvalue weighted by Crippen LogP contribution is -3.10. The molecule has 0 fully saturated rings. The van der Waals surface area contributed by atoms with Crippen molar-refractivity contribution < 1.29 is 14.8 Å². The minimum absolute atomic E-state index is 0.0264. The van der Waals surface area contributed by atoms with Crippen LogP contribution >= 0.6 is 11.6 Å². The van der Waals surface area contributed by atoms with Crippen molar-refractivity contribution in [2.75, 3.05) is 6.54 Å². The zero-order chi connectivity index (χ0) is 14.4. The van der Waals surface area contributed by atoms with Gasteiger partial charge in [0, 0.05) is 16.1 Å². The molecule has 1 unspecified atom stereocenters. The molecule has 2 aromatic rings. The van der Waals surface area contributed by atoms with Crippen molar-refractivity contribution in [3.63, 3.8) is 0 Å². The number of carboxylic acids is 1. The quantitative estimate of drug-likeness (QED) is 0.850. The van der Waals surface area contributed by atoms with Gasteiger partial charge in [-0.25, -0.2) is 0 Å². The smallest absolute Gasteiger partial charge is 0.118 e. The summed E-state index contributed by atoms with van der Waals surface area (Å²) < 4.78 is 0. The van der Waals surface area contributed by atoms with Gasteiger partial charge in [0.05, 0.1) is 5.97 Å². The topological polar surface area (TPSA) is 44.6 Å². The molecule has 0 bridgehead atoms. The van der Waals surface area contributed by atoms with E-state index in [0.29, 0.717) is 18.1 Å². The predicted octanol–water partition coefficient (Wildman–Crippen LogP) is 0.675. The largest absolute Gasteiger partial charge is 0.544 e. The van der Waals surface area contributed by atoms with Crippen molar-refractivity contribution in [3.8, 4) is 0 Å². The summed E-state index contributed by atoms with van der Waals surface area (Å²) in [7, 11) is 0. The number of nitrogens with one attached hydrogen (secondary N) is 1. The van der Waals surface area contributed by atoms with Crippen molar-refractivity contribution >= 4 is 17.6 Å². The van der Waals surface area contributed by atoms with Crippen LogP contribution in [0.3, 0.4) is 0 Å². The normalized spacial score (nSPS) is 12.1. The van der Waals surface area contributed by atoms with Gasteiger partial charge < -0.3 is 14.8 Å². The zero-order valence-corrected chi connectivity index (χ0v) is 11.8. The van der Waals surface area contributed by atoms with Gasteiger partial charge in [-0.1, -0.05) is 54.1 Å². The summed E-state index contributed by atoms with van der Waals surface area (Å²) >= 11 is 5.96. The molecule has 0 amide bonds. The number of carboxylic acid groups (broad SMARTS) is 1. The Morgan fingerprint density at radius 1 is 1.00 bits per heavy atom. The molecule has 0 aliphatic carbocycles. The number of rotatable bonds is 6. The molecule has 20 heavy (non-hydrogen) atoms. The number of hydrogen-bond acceptors (Lipinski definition) is 2. The molecule has 4 heteroatoms. The van der Waals surface area contributed by atoms with E-state index in [0.717, 1.165) is 16.0 Å². The van der Waals surface area contributed by atoms with E-state index in [2.05, 4.69) is 0 Å². The van der Waals surface area contributed by atoms with Gasteiger partial charge in [-0.15, -0.1) is 0 Å². The molecule has 0 aromatic heterocycles. The van der Waals surface area contributed by atoms with Gasteiger partial charge in [-0.05, 0) is 12.1 Å². The Balaban J connectivity index is 2.09. The minimum Gasteiger partial charge on any atom is -0.544 e. The van der Waals surface area contributed by atoms with E-state index in [1.165, 1.54) is 0 Å². The molecule has 0 aliphatic rings. The molecule has 0 heterocycles. The molecule has 2 rings (SSSR count). The Labute approximate surface area is 123 Å². The average molecular weight is 290 g/mol. The lowest BCUT2D eigenvalue weighted by molar-refractivity contribution is -0.922. The number of halogens is 1. The standard InChI is InChI=1S/C16H16ClNO2/c17-15-8-4-7-14(9-15)11-18(12-16(19)20)10-13-5-2-1-3-6-13/h1-9H,10-12H2,(H,19,20). The van der Waals surface area contributed by atoms with E-state index >= 15 is 0 Å². The Hall–Kier alpha value is -1.84. The fraction of sp³-hybridized carbons (Fsp3) is 0.188. The van der Waals surface area contributed by atoms with Crippen LogP contribution in [-0.4, -0.2) is 12.5 Å². The van der Waals surface area contributed by atoms with Crippen LogP contribution in [0.1, 0.15) is 11.1 Å². The van der Waals surface area contributed by atoms with Crippen molar-refractivity contribution in [2.45, 2.75) is 13.1 Å². The van der Waals surface area contributed by atoms with Gasteiger partial charge in [0.15, 0.2) is 0 Å². The van der Waals surface area contributed by atoms with E-state index in [1.807, 2.05) is 48.5 Å². The molecule has 104 valence electrons. The number of carbonyl (C=O) groups excluding carboxylic acids is 1. The van der Waals surface area contributed by atoms with Gasteiger partial charge in [0.1, 0.15) is 19.6 Å². The summed E-state index contributed by atoms with van der Waals surface area (Å²) in [5.74, 6) is -1.04. The lowest BCUT2D eigenvalue weighted by atomic mass is 10.1. The van der Waals surface area contributed by atoms with Crippen LogP contribution < -0.4 is 10.0 Å². The number of quaternary nitrogens is 1. The first kappa shape index (κ1) is 14.6. The van der Waals surface area contributed by atoms with Crippen molar-refractivity contribution in [1.82, 2.24) is 0 Å². The van der Waals surface area contributed by atoms with Gasteiger partial charge in [-0.3, -0.25) is 0 Å². The molecule has 1 atom stereocenters. The fourth-order valence-electron chi connectivity index (χ4n) is 2.21. The maximum Gasteiger partial charge on any atom is 0.118 e. The highest BCUT2D eigenvalue weighted by Crippen LogP contribution is 2.09. The van der Waals surface area contributed by atoms with E-state index in [9.17, 15) is 9.90 Å². The molecule has 0 saturated heterocycles. The van der Waals surface area contributed by atoms with E-state index < -0.39 is 5.97 Å². The van der Waals surface area contributed by atoms with Crippen LogP contribution in [0.5, 0.6) is 0 Å². The number of hydrogen-bond donors (Lipinski definition) is 1. The predicted molar refractivity (Wildman–Crippen MR) is 76.1 cm³/mol. The molecule has 2 aromatic carbocycles. The SMILES string of the molecule is O=C([O-])C[NH+](Cc1ccccc1)Cc1cccc(Cl)c1. The Bertz CT molecular complexity index is 572. The second-order valence-electron chi connectivity index (χ2n) is 4.77. The van der Waals surface area contributed by atoms with Crippen LogP contribution in [-0.2, 0) is 17.9 Å². The maximum atomic E-state index is 10.9. The second kappa shape index (κ2) is 7.08. The van der Waals surface area contributed by atoms with Gasteiger partial charge in [0.25, 0.3) is 0 Å². The van der Waals surface area contributed by atoms with E-state index in [1.54, 1.807) is 6.07 Å². The van der Waals surface area contributed by atoms with Crippen molar-refractivity contribution in [1.29, 1.82) is 0 Å². The van der Waals surface area contributed by atoms with Crippen LogP contribution in [0.4, 0.5) is 0 Å². The van der Waals surface area contributed by atoms with Crippen LogP contribution in [0.15, 0.2) is 54.6 Å². The molecule has 1 N–H and O–H groups in total. The number of aliphatic carboxylic acids is 1. The van der Waals surface area contributed by atoms with Gasteiger partial charge >= 0.3 is 0 Å². The van der Waals surface area contributed by atoms with Crippen LogP contribution in [0.25, 0.3) is 0 Å². The average Bonchev–Trinajstić information content (AvgIpc) is 2.39. The highest BCUT2D eigenvalue weighted by Gasteiger charge is 2.11. The second-order valence-corrected chi connectivity index (χ2v) is 5.20. The Morgan fingerprint density at radius 2 is 1.65 bits per heavy atom. The third kappa shape index (κ3) is 4.68. The molecular weight excluding hydrogens is 274 g/mol. The van der Waals surface area contributed by atoms with Gasteiger partial charge in [-0.2, -0.15) is 0 Å². The van der Waals surface area contributed by atoms with Crippen molar-refractivity contribution in [2.24, 2.45) is 0 Å². The van der Waals surface area contributed by atoms with Crippen molar-refractivity contribution in [3.05, 3.63) is 70.7 Å². The number of carbonyl (C=O) groups is 1. The molecule has 0 saturated carbocycles. The summed E-state index contributed by atoms with van der Waals surface area (Å²) in [6.45, 7) is 1.21. The summed E-state index contributed by atoms with van der Waals surface area (Å²) in [6.07, 6.45) is 0. The first-order valence-corrected chi connectivity index (χ1v) is 6.83. The van der Waals surface area contributed by atoms with Crippen LogP contribution in [0, 0.1) is 0 Å². The monoisotopic (exact) mass is 289 g/mol. The Kier molecular flexibility index (Phi) is 5.16. The van der Waals surface area contributed by atoms with E-state index in [4.69, 9.17) is 11.6 Å². The van der Waals surface area contributed by atoms with E-state index in [-0.39, 0.29) is 6.54 Å². The summed E-state index contributed by atoms with van der Waals surface area (Å²) in [6, 6.07) is 17.3. The minimum atomic E-state index is -1.04. The molecule has 0 aliphatic heterocycles. The third-order valence-electron chi connectivity index (χ3n) is 3.03. The van der Waals surface area contributed by atoms with Gasteiger partial charge in [0.2, 0.25) is 0 Å².